The molecule has 0 heterocycles. The van der Waals surface area contributed by atoms with Gasteiger partial charge in [0.25, 0.3) is 0 Å². The SMILES string of the molecule is c1ccc2c(c1)CCC2.c1ccc2c(c1)[CH+]CC2. The molecule has 0 saturated heterocycles. The predicted octanol–water partition coefficient (Wildman–Crippen LogP) is 4.36. The third-order valence-electron chi connectivity index (χ3n) is 3.84. The van der Waals surface area contributed by atoms with Crippen LogP contribution in [-0.2, 0) is 19.3 Å². The highest BCUT2D eigenvalue weighted by Crippen LogP contribution is 2.22. The summed E-state index contributed by atoms with van der Waals surface area (Å²) < 4.78 is 0. The fourth-order valence-electron chi connectivity index (χ4n) is 2.86. The first kappa shape index (κ1) is 11.4. The van der Waals surface area contributed by atoms with Crippen molar-refractivity contribution in [1.29, 1.82) is 0 Å². The zero-order chi connectivity index (χ0) is 12.2. The van der Waals surface area contributed by atoms with Gasteiger partial charge in [-0.2, -0.15) is 0 Å². The third-order valence-corrected chi connectivity index (χ3v) is 3.84. The Morgan fingerprint density at radius 2 is 1.28 bits per heavy atom. The van der Waals surface area contributed by atoms with Gasteiger partial charge in [-0.25, -0.2) is 0 Å². The Labute approximate surface area is 110 Å². The Kier molecular flexibility index (Phi) is 3.36. The van der Waals surface area contributed by atoms with Crippen molar-refractivity contribution >= 4 is 0 Å². The Morgan fingerprint density at radius 3 is 1.94 bits per heavy atom. The summed E-state index contributed by atoms with van der Waals surface area (Å²) >= 11 is 0. The maximum absolute atomic E-state index is 2.30. The Bertz CT molecular complexity index is 430. The average Bonchev–Trinajstić information content (AvgIpc) is 3.08. The number of hydrogen-bond donors (Lipinski definition) is 0. The largest absolute Gasteiger partial charge is 0.132 e. The molecule has 18 heavy (non-hydrogen) atoms. The summed E-state index contributed by atoms with van der Waals surface area (Å²) in [6.07, 6.45) is 8.75. The van der Waals surface area contributed by atoms with Crippen molar-refractivity contribution in [2.75, 3.05) is 0 Å². The maximum Gasteiger partial charge on any atom is 0.132 e. The van der Waals surface area contributed by atoms with Crippen LogP contribution in [0.25, 0.3) is 0 Å². The predicted molar refractivity (Wildman–Crippen MR) is 76.6 cm³/mol. The topological polar surface area (TPSA) is 0 Å². The molecule has 0 unspecified atom stereocenters. The molecule has 0 radical (unpaired) electrons. The highest BCUT2D eigenvalue weighted by molar-refractivity contribution is 5.37. The van der Waals surface area contributed by atoms with Gasteiger partial charge in [-0.1, -0.05) is 24.3 Å². The van der Waals surface area contributed by atoms with E-state index in [-0.39, 0.29) is 0 Å². The molecule has 0 spiro atoms. The van der Waals surface area contributed by atoms with Crippen molar-refractivity contribution < 1.29 is 0 Å². The first-order valence-electron chi connectivity index (χ1n) is 6.91. The van der Waals surface area contributed by atoms with E-state index >= 15 is 0 Å². The van der Waals surface area contributed by atoms with Crippen LogP contribution in [0, 0.1) is 6.42 Å². The zero-order valence-electron chi connectivity index (χ0n) is 10.7. The summed E-state index contributed by atoms with van der Waals surface area (Å²) in [5.41, 5.74) is 6.09. The van der Waals surface area contributed by atoms with Crippen LogP contribution in [0.1, 0.15) is 35.1 Å². The van der Waals surface area contributed by atoms with Crippen molar-refractivity contribution in [2.24, 2.45) is 0 Å². The van der Waals surface area contributed by atoms with E-state index in [1.807, 2.05) is 0 Å². The van der Waals surface area contributed by atoms with Gasteiger partial charge in [0.2, 0.25) is 0 Å². The monoisotopic (exact) mass is 235 g/mol. The van der Waals surface area contributed by atoms with Gasteiger partial charge in [-0.3, -0.25) is 0 Å². The van der Waals surface area contributed by atoms with Crippen LogP contribution in [0.4, 0.5) is 0 Å². The van der Waals surface area contributed by atoms with Crippen LogP contribution in [0.5, 0.6) is 0 Å². The number of rotatable bonds is 0. The van der Waals surface area contributed by atoms with E-state index in [1.165, 1.54) is 43.2 Å². The number of benzene rings is 2. The molecule has 0 bridgehead atoms. The van der Waals surface area contributed by atoms with E-state index in [2.05, 4.69) is 55.0 Å². The van der Waals surface area contributed by atoms with Crippen molar-refractivity contribution in [3.05, 3.63) is 77.2 Å². The van der Waals surface area contributed by atoms with Crippen LogP contribution < -0.4 is 0 Å². The summed E-state index contributed by atoms with van der Waals surface area (Å²) in [6.45, 7) is 0. The van der Waals surface area contributed by atoms with E-state index in [0.29, 0.717) is 0 Å². The molecule has 0 atom stereocenters. The highest BCUT2D eigenvalue weighted by atomic mass is 14.1. The fourth-order valence-corrected chi connectivity index (χ4v) is 2.86. The van der Waals surface area contributed by atoms with Crippen molar-refractivity contribution in [2.45, 2.75) is 32.1 Å². The Morgan fingerprint density at radius 1 is 0.667 bits per heavy atom. The lowest BCUT2D eigenvalue weighted by molar-refractivity contribution is 0.912. The number of hydrogen-bond acceptors (Lipinski definition) is 0. The standard InChI is InChI=1S/C9H10.C9H9/c2*1-2-5-9-7-3-6-8(9)4-1/h1-2,4-5H,3,6-7H2;1-2,4-6H,3,7H2/q;+1. The molecule has 0 aliphatic heterocycles. The molecule has 2 aliphatic rings. The van der Waals surface area contributed by atoms with Crippen LogP contribution in [0.15, 0.2) is 48.5 Å². The van der Waals surface area contributed by atoms with E-state index in [1.54, 1.807) is 11.1 Å². The van der Waals surface area contributed by atoms with Crippen molar-refractivity contribution in [1.82, 2.24) is 0 Å². The molecule has 4 rings (SSSR count). The highest BCUT2D eigenvalue weighted by Gasteiger charge is 2.16. The Hall–Kier alpha value is -1.69. The van der Waals surface area contributed by atoms with Gasteiger partial charge in [0.15, 0.2) is 0 Å². The number of fused-ring (bicyclic) bond motifs is 2. The molecule has 2 aromatic rings. The molecular weight excluding hydrogens is 216 g/mol. The van der Waals surface area contributed by atoms with Gasteiger partial charge in [0, 0.05) is 25.3 Å². The zero-order valence-corrected chi connectivity index (χ0v) is 10.7. The number of aryl methyl sites for hydroxylation is 3. The molecule has 0 heteroatoms. The lowest BCUT2D eigenvalue weighted by atomic mass is 10.1. The molecule has 0 saturated carbocycles. The first-order valence-corrected chi connectivity index (χ1v) is 6.91. The molecule has 90 valence electrons. The van der Waals surface area contributed by atoms with Crippen LogP contribution >= 0.6 is 0 Å². The lowest BCUT2D eigenvalue weighted by Gasteiger charge is -1.93. The summed E-state index contributed by atoms with van der Waals surface area (Å²) in [6, 6.07) is 17.3. The summed E-state index contributed by atoms with van der Waals surface area (Å²) in [4.78, 5) is 0. The maximum atomic E-state index is 2.30. The second-order valence-electron chi connectivity index (χ2n) is 5.06. The first-order chi connectivity index (χ1) is 8.93. The lowest BCUT2D eigenvalue weighted by Crippen LogP contribution is -1.77. The van der Waals surface area contributed by atoms with Crippen LogP contribution in [0.2, 0.25) is 0 Å². The summed E-state index contributed by atoms with van der Waals surface area (Å²) in [5.74, 6) is 0. The second kappa shape index (κ2) is 5.30. The summed E-state index contributed by atoms with van der Waals surface area (Å²) in [7, 11) is 0. The molecule has 0 N–H and O–H groups in total. The van der Waals surface area contributed by atoms with Gasteiger partial charge in [-0.05, 0) is 48.6 Å². The van der Waals surface area contributed by atoms with Crippen LogP contribution in [0.3, 0.4) is 0 Å². The van der Waals surface area contributed by atoms with E-state index in [4.69, 9.17) is 0 Å². The molecule has 0 nitrogen and oxygen atoms in total. The normalized spacial score (nSPS) is 15.1. The fraction of sp³-hybridized carbons (Fsp3) is 0.278. The Balaban J connectivity index is 0.000000111. The minimum Gasteiger partial charge on any atom is -0.0620 e. The summed E-state index contributed by atoms with van der Waals surface area (Å²) in [5, 5.41) is 0. The minimum atomic E-state index is 1.24. The van der Waals surface area contributed by atoms with Gasteiger partial charge in [0.05, 0.1) is 5.56 Å². The van der Waals surface area contributed by atoms with E-state index < -0.39 is 0 Å². The molecule has 0 aromatic heterocycles. The van der Waals surface area contributed by atoms with Gasteiger partial charge in [-0.15, -0.1) is 0 Å². The molecular formula is C18H19+. The molecule has 0 fully saturated rings. The molecule has 2 aromatic carbocycles. The van der Waals surface area contributed by atoms with Crippen LogP contribution in [-0.4, -0.2) is 0 Å². The van der Waals surface area contributed by atoms with Gasteiger partial charge in [0.1, 0.15) is 5.56 Å². The molecule has 2 aliphatic carbocycles. The average molecular weight is 235 g/mol. The van der Waals surface area contributed by atoms with Crippen molar-refractivity contribution in [3.8, 4) is 0 Å². The van der Waals surface area contributed by atoms with E-state index in [0.717, 1.165) is 0 Å². The van der Waals surface area contributed by atoms with Gasteiger partial charge >= 0.3 is 0 Å². The third kappa shape index (κ3) is 2.43. The second-order valence-corrected chi connectivity index (χ2v) is 5.06. The van der Waals surface area contributed by atoms with Crippen molar-refractivity contribution in [3.63, 3.8) is 0 Å². The minimum absolute atomic E-state index is 1.24. The smallest absolute Gasteiger partial charge is 0.0620 e. The van der Waals surface area contributed by atoms with E-state index in [9.17, 15) is 0 Å². The quantitative estimate of drug-likeness (QED) is 0.595. The molecule has 0 amide bonds. The van der Waals surface area contributed by atoms with Gasteiger partial charge < -0.3 is 0 Å².